The quantitative estimate of drug-likeness (QED) is 0.434. The summed E-state index contributed by atoms with van der Waals surface area (Å²) in [5, 5.41) is 17.7. The third kappa shape index (κ3) is 4.57. The third-order valence-corrected chi connectivity index (χ3v) is 5.74. The van der Waals surface area contributed by atoms with Crippen molar-refractivity contribution in [2.24, 2.45) is 0 Å². The minimum Gasteiger partial charge on any atom is -0.495 e. The molecule has 10 heteroatoms. The summed E-state index contributed by atoms with van der Waals surface area (Å²) in [6.07, 6.45) is 6.80. The molecule has 1 aromatic heterocycles. The minimum absolute atomic E-state index is 0.00612. The fraction of sp³-hybridized carbons (Fsp3) is 0.318. The fourth-order valence-electron chi connectivity index (χ4n) is 3.84. The molecule has 2 heterocycles. The van der Waals surface area contributed by atoms with Gasteiger partial charge in [-0.1, -0.05) is 18.2 Å². The number of carbonyl (C=O) groups excluding carboxylic acids is 2. The summed E-state index contributed by atoms with van der Waals surface area (Å²) in [7, 11) is 1.52. The Morgan fingerprint density at radius 1 is 1.34 bits per heavy atom. The second-order valence-electron chi connectivity index (χ2n) is 7.28. The Balaban J connectivity index is 2.15. The number of rotatable bonds is 7. The number of nitrogens with zero attached hydrogens (tertiary/aromatic N) is 3. The zero-order chi connectivity index (χ0) is 23.3. The van der Waals surface area contributed by atoms with Crippen LogP contribution in [0.5, 0.6) is 5.75 Å². The van der Waals surface area contributed by atoms with E-state index < -0.39 is 5.91 Å². The van der Waals surface area contributed by atoms with Crippen molar-refractivity contribution in [1.82, 2.24) is 14.5 Å². The van der Waals surface area contributed by atoms with E-state index in [0.717, 1.165) is 31.7 Å². The fourth-order valence-corrected chi connectivity index (χ4v) is 4.17. The lowest BCUT2D eigenvalue weighted by molar-refractivity contribution is -0.126. The molecule has 3 rings (SSSR count). The van der Waals surface area contributed by atoms with Crippen LogP contribution in [-0.4, -0.2) is 58.9 Å². The number of aromatic nitrogens is 2. The SMILES string of the molecule is C=CC(=O)N1CCCCC(n2c(NC(=O)/C(C=N)=C/C=N)nc3ccc(OC)c(Cl)c32)C1. The summed E-state index contributed by atoms with van der Waals surface area (Å²) in [6, 6.07) is 3.24. The highest BCUT2D eigenvalue weighted by Crippen LogP contribution is 2.38. The first-order chi connectivity index (χ1) is 15.4. The van der Waals surface area contributed by atoms with Crippen LogP contribution >= 0.6 is 11.6 Å². The Bertz CT molecular complexity index is 1110. The Labute approximate surface area is 190 Å². The van der Waals surface area contributed by atoms with E-state index in [1.54, 1.807) is 17.0 Å². The summed E-state index contributed by atoms with van der Waals surface area (Å²) in [5.41, 5.74) is 1.16. The van der Waals surface area contributed by atoms with Crippen LogP contribution in [0.15, 0.2) is 36.4 Å². The second-order valence-corrected chi connectivity index (χ2v) is 7.66. The topological polar surface area (TPSA) is 124 Å². The molecule has 0 saturated carbocycles. The molecule has 1 unspecified atom stereocenters. The van der Waals surface area contributed by atoms with Crippen LogP contribution in [-0.2, 0) is 9.59 Å². The van der Waals surface area contributed by atoms with Gasteiger partial charge in [0.1, 0.15) is 10.8 Å². The molecule has 1 saturated heterocycles. The number of amides is 2. The zero-order valence-corrected chi connectivity index (χ0v) is 18.5. The van der Waals surface area contributed by atoms with Gasteiger partial charge in [-0.15, -0.1) is 0 Å². The first kappa shape index (κ1) is 23.2. The van der Waals surface area contributed by atoms with E-state index in [2.05, 4.69) is 16.9 Å². The number of benzene rings is 1. The van der Waals surface area contributed by atoms with Gasteiger partial charge < -0.3 is 25.0 Å². The summed E-state index contributed by atoms with van der Waals surface area (Å²) in [6.45, 7) is 4.61. The average Bonchev–Trinajstić information content (AvgIpc) is 2.98. The first-order valence-corrected chi connectivity index (χ1v) is 10.5. The normalized spacial score (nSPS) is 16.9. The predicted octanol–water partition coefficient (Wildman–Crippen LogP) is 3.60. The number of fused-ring (bicyclic) bond motifs is 1. The van der Waals surface area contributed by atoms with Crippen molar-refractivity contribution in [2.75, 3.05) is 25.5 Å². The van der Waals surface area contributed by atoms with Crippen molar-refractivity contribution >= 4 is 52.8 Å². The van der Waals surface area contributed by atoms with Crippen LogP contribution in [0.2, 0.25) is 5.02 Å². The van der Waals surface area contributed by atoms with Gasteiger partial charge in [-0.25, -0.2) is 4.98 Å². The summed E-state index contributed by atoms with van der Waals surface area (Å²) in [4.78, 5) is 31.4. The van der Waals surface area contributed by atoms with Gasteiger partial charge in [0.2, 0.25) is 11.9 Å². The molecule has 1 aromatic carbocycles. The molecule has 2 amide bonds. The van der Waals surface area contributed by atoms with Crippen molar-refractivity contribution in [3.8, 4) is 5.75 Å². The Kier molecular flexibility index (Phi) is 7.42. The van der Waals surface area contributed by atoms with Gasteiger partial charge in [-0.05, 0) is 43.5 Å². The highest BCUT2D eigenvalue weighted by Gasteiger charge is 2.28. The van der Waals surface area contributed by atoms with Crippen molar-refractivity contribution in [3.05, 3.63) is 41.5 Å². The molecule has 2 aromatic rings. The maximum atomic E-state index is 12.7. The molecular formula is C22H25ClN6O3. The number of allylic oxidation sites excluding steroid dienone is 1. The maximum absolute atomic E-state index is 12.7. The van der Waals surface area contributed by atoms with E-state index >= 15 is 0 Å². The van der Waals surface area contributed by atoms with Gasteiger partial charge in [-0.2, -0.15) is 0 Å². The lowest BCUT2D eigenvalue weighted by atomic mass is 10.1. The lowest BCUT2D eigenvalue weighted by Gasteiger charge is -2.26. The number of methoxy groups -OCH3 is 1. The van der Waals surface area contributed by atoms with Crippen molar-refractivity contribution in [2.45, 2.75) is 25.3 Å². The maximum Gasteiger partial charge on any atom is 0.259 e. The zero-order valence-electron chi connectivity index (χ0n) is 17.7. The molecule has 1 aliphatic rings. The number of hydrogen-bond acceptors (Lipinski definition) is 6. The predicted molar refractivity (Wildman–Crippen MR) is 125 cm³/mol. The minimum atomic E-state index is -0.573. The number of likely N-dealkylation sites (tertiary alicyclic amines) is 1. The molecule has 0 aliphatic carbocycles. The molecule has 0 radical (unpaired) electrons. The smallest absolute Gasteiger partial charge is 0.259 e. The molecule has 1 aliphatic heterocycles. The van der Waals surface area contributed by atoms with Gasteiger partial charge in [-0.3, -0.25) is 14.9 Å². The van der Waals surface area contributed by atoms with Crippen LogP contribution in [0, 0.1) is 10.8 Å². The first-order valence-electron chi connectivity index (χ1n) is 10.1. The number of carbonyl (C=O) groups is 2. The average molecular weight is 457 g/mol. The highest BCUT2D eigenvalue weighted by atomic mass is 35.5. The highest BCUT2D eigenvalue weighted by molar-refractivity contribution is 6.36. The van der Waals surface area contributed by atoms with E-state index in [-0.39, 0.29) is 23.5 Å². The molecule has 3 N–H and O–H groups in total. The molecule has 1 atom stereocenters. The molecule has 168 valence electrons. The van der Waals surface area contributed by atoms with Crippen molar-refractivity contribution in [3.63, 3.8) is 0 Å². The van der Waals surface area contributed by atoms with Gasteiger partial charge in [0, 0.05) is 25.5 Å². The van der Waals surface area contributed by atoms with Crippen LogP contribution in [0.1, 0.15) is 25.3 Å². The van der Waals surface area contributed by atoms with Crippen LogP contribution in [0.4, 0.5) is 5.95 Å². The van der Waals surface area contributed by atoms with E-state index in [9.17, 15) is 9.59 Å². The number of ether oxygens (including phenoxy) is 1. The monoisotopic (exact) mass is 456 g/mol. The molecule has 9 nitrogen and oxygen atoms in total. The Hall–Kier alpha value is -3.46. The standard InChI is InChI=1S/C22H25ClN6O3/c1-3-18(30)28-11-5-4-6-15(13-28)29-20-16(7-8-17(32-2)19(20)23)26-22(29)27-21(31)14(12-25)9-10-24/h3,7-10,12,15,24-25H,1,4-6,11,13H2,2H3,(H,26,27,31)/b14-9+,24-10?,25-12?. The summed E-state index contributed by atoms with van der Waals surface area (Å²) >= 11 is 6.65. The van der Waals surface area contributed by atoms with E-state index in [1.807, 2.05) is 4.57 Å². The van der Waals surface area contributed by atoms with Crippen molar-refractivity contribution in [1.29, 1.82) is 10.8 Å². The molecular weight excluding hydrogens is 432 g/mol. The largest absolute Gasteiger partial charge is 0.495 e. The van der Waals surface area contributed by atoms with Crippen LogP contribution in [0.3, 0.4) is 0 Å². The van der Waals surface area contributed by atoms with E-state index in [0.29, 0.717) is 34.9 Å². The second kappa shape index (κ2) is 10.2. The van der Waals surface area contributed by atoms with Crippen LogP contribution in [0.25, 0.3) is 11.0 Å². The van der Waals surface area contributed by atoms with Gasteiger partial charge in [0.25, 0.3) is 5.91 Å². The van der Waals surface area contributed by atoms with Gasteiger partial charge in [0.05, 0.1) is 29.8 Å². The number of hydrogen-bond donors (Lipinski definition) is 3. The molecule has 1 fully saturated rings. The molecule has 0 bridgehead atoms. The Morgan fingerprint density at radius 2 is 2.12 bits per heavy atom. The number of nitrogens with one attached hydrogen (secondary N) is 3. The van der Waals surface area contributed by atoms with Gasteiger partial charge >= 0.3 is 0 Å². The third-order valence-electron chi connectivity index (χ3n) is 5.38. The van der Waals surface area contributed by atoms with Crippen molar-refractivity contribution < 1.29 is 14.3 Å². The number of anilines is 1. The van der Waals surface area contributed by atoms with E-state index in [4.69, 9.17) is 27.2 Å². The Morgan fingerprint density at radius 3 is 2.78 bits per heavy atom. The molecule has 0 spiro atoms. The summed E-state index contributed by atoms with van der Waals surface area (Å²) < 4.78 is 7.20. The van der Waals surface area contributed by atoms with Gasteiger partial charge in [0.15, 0.2) is 0 Å². The van der Waals surface area contributed by atoms with Crippen LogP contribution < -0.4 is 10.1 Å². The summed E-state index contributed by atoms with van der Waals surface area (Å²) in [5.74, 6) is -0.0168. The van der Waals surface area contributed by atoms with E-state index in [1.165, 1.54) is 19.3 Å². The molecule has 32 heavy (non-hydrogen) atoms. The number of imidazole rings is 1. The number of halogens is 1. The lowest BCUT2D eigenvalue weighted by Crippen LogP contribution is -2.34.